The second-order valence-electron chi connectivity index (χ2n) is 7.13. The third-order valence-corrected chi connectivity index (χ3v) is 6.91. The number of halogens is 1. The van der Waals surface area contributed by atoms with Gasteiger partial charge < -0.3 is 9.73 Å². The summed E-state index contributed by atoms with van der Waals surface area (Å²) in [6, 6.07) is 17.6. The molecule has 3 aromatic heterocycles. The summed E-state index contributed by atoms with van der Waals surface area (Å²) >= 11 is 5.01. The summed E-state index contributed by atoms with van der Waals surface area (Å²) in [7, 11) is 0. The van der Waals surface area contributed by atoms with Gasteiger partial charge >= 0.3 is 0 Å². The monoisotopic (exact) mass is 494 g/mol. The Kier molecular flexibility index (Phi) is 5.41. The molecule has 0 aliphatic carbocycles. The van der Waals surface area contributed by atoms with E-state index in [1.807, 2.05) is 61.5 Å². The van der Waals surface area contributed by atoms with Gasteiger partial charge in [0.2, 0.25) is 5.91 Å². The Balaban J connectivity index is 1.57. The molecule has 0 bridgehead atoms. The molecule has 8 heteroatoms. The minimum absolute atomic E-state index is 0.0424. The summed E-state index contributed by atoms with van der Waals surface area (Å²) in [5.74, 6) is 0.685. The van der Waals surface area contributed by atoms with Gasteiger partial charge in [0, 0.05) is 9.86 Å². The van der Waals surface area contributed by atoms with E-state index in [9.17, 15) is 4.79 Å². The van der Waals surface area contributed by atoms with Crippen molar-refractivity contribution < 1.29 is 9.21 Å². The lowest BCUT2D eigenvalue weighted by molar-refractivity contribution is -0.120. The smallest absolute Gasteiger partial charge is 0.233 e. The van der Waals surface area contributed by atoms with E-state index in [4.69, 9.17) is 14.4 Å². The highest BCUT2D eigenvalue weighted by Gasteiger charge is 2.22. The maximum atomic E-state index is 12.9. The third-order valence-electron chi connectivity index (χ3n) is 5.10. The molecule has 0 aliphatic rings. The predicted molar refractivity (Wildman–Crippen MR) is 126 cm³/mol. The number of carbonyl (C=O) groups excluding carboxylic acids is 1. The molecule has 1 amide bonds. The van der Waals surface area contributed by atoms with Crippen LogP contribution >= 0.6 is 27.7 Å². The lowest BCUT2D eigenvalue weighted by Gasteiger charge is -2.15. The van der Waals surface area contributed by atoms with Crippen LogP contribution in [0.2, 0.25) is 0 Å². The van der Waals surface area contributed by atoms with E-state index in [1.165, 1.54) is 11.8 Å². The lowest BCUT2D eigenvalue weighted by Crippen LogP contribution is -2.32. The van der Waals surface area contributed by atoms with Crippen LogP contribution in [-0.4, -0.2) is 25.5 Å². The summed E-state index contributed by atoms with van der Waals surface area (Å²) in [6.45, 7) is 2.37. The number of imidazole rings is 1. The number of nitrogens with one attached hydrogen (secondary N) is 1. The van der Waals surface area contributed by atoms with Gasteiger partial charge in [-0.2, -0.15) is 0 Å². The molecule has 1 atom stereocenters. The number of amides is 1. The molecule has 2 aromatic carbocycles. The Labute approximate surface area is 191 Å². The van der Waals surface area contributed by atoms with E-state index in [-0.39, 0.29) is 11.2 Å². The molecule has 156 valence electrons. The van der Waals surface area contributed by atoms with Gasteiger partial charge in [0.05, 0.1) is 34.6 Å². The van der Waals surface area contributed by atoms with E-state index < -0.39 is 0 Å². The van der Waals surface area contributed by atoms with Crippen LogP contribution in [0.25, 0.3) is 27.6 Å². The zero-order valence-corrected chi connectivity index (χ0v) is 19.1. The van der Waals surface area contributed by atoms with Crippen LogP contribution in [0, 0.1) is 0 Å². The van der Waals surface area contributed by atoms with E-state index in [0.717, 1.165) is 43.0 Å². The Hall–Kier alpha value is -2.84. The van der Waals surface area contributed by atoms with E-state index in [0.29, 0.717) is 13.0 Å². The van der Waals surface area contributed by atoms with Gasteiger partial charge in [-0.1, -0.05) is 46.7 Å². The largest absolute Gasteiger partial charge is 0.467 e. The molecular formula is C23H19BrN4O2S. The van der Waals surface area contributed by atoms with Crippen LogP contribution in [-0.2, 0) is 11.3 Å². The average molecular weight is 495 g/mol. The van der Waals surface area contributed by atoms with Crippen LogP contribution < -0.4 is 5.32 Å². The number of furan rings is 1. The summed E-state index contributed by atoms with van der Waals surface area (Å²) in [5.41, 5.74) is 3.55. The standard InChI is InChI=1S/C23H19BrN4O2S/c1-2-20(22(29)25-13-15-6-5-11-30-15)31-23-27-17-10-9-14(24)12-16(17)21-26-18-7-3-4-8-19(18)28(21)23/h3-12,20H,2,13H2,1H3,(H,25,29)/t20-/m0/s1. The number of fused-ring (bicyclic) bond motifs is 5. The van der Waals surface area contributed by atoms with E-state index in [1.54, 1.807) is 6.26 Å². The summed E-state index contributed by atoms with van der Waals surface area (Å²) in [6.07, 6.45) is 2.27. The first-order chi connectivity index (χ1) is 15.1. The van der Waals surface area contributed by atoms with Crippen molar-refractivity contribution in [1.29, 1.82) is 0 Å². The van der Waals surface area contributed by atoms with Gasteiger partial charge in [-0.25, -0.2) is 9.97 Å². The number of carbonyl (C=O) groups is 1. The number of rotatable bonds is 6. The molecule has 0 saturated heterocycles. The van der Waals surface area contributed by atoms with Crippen molar-refractivity contribution in [3.05, 3.63) is 71.1 Å². The quantitative estimate of drug-likeness (QED) is 0.246. The zero-order chi connectivity index (χ0) is 21.4. The maximum absolute atomic E-state index is 12.9. The van der Waals surface area contributed by atoms with Crippen molar-refractivity contribution in [2.75, 3.05) is 0 Å². The maximum Gasteiger partial charge on any atom is 0.233 e. The van der Waals surface area contributed by atoms with Crippen molar-refractivity contribution in [3.8, 4) is 0 Å². The number of nitrogens with zero attached hydrogens (tertiary/aromatic N) is 3. The molecular weight excluding hydrogens is 476 g/mol. The van der Waals surface area contributed by atoms with Gasteiger partial charge in [0.25, 0.3) is 0 Å². The number of aromatic nitrogens is 3. The number of hydrogen-bond acceptors (Lipinski definition) is 5. The van der Waals surface area contributed by atoms with Gasteiger partial charge in [-0.15, -0.1) is 0 Å². The van der Waals surface area contributed by atoms with Gasteiger partial charge in [0.15, 0.2) is 5.16 Å². The van der Waals surface area contributed by atoms with Crippen LogP contribution in [0.1, 0.15) is 19.1 Å². The molecule has 0 unspecified atom stereocenters. The molecule has 31 heavy (non-hydrogen) atoms. The van der Waals surface area contributed by atoms with Crippen molar-refractivity contribution in [2.45, 2.75) is 30.3 Å². The first-order valence-electron chi connectivity index (χ1n) is 9.97. The molecule has 6 nitrogen and oxygen atoms in total. The van der Waals surface area contributed by atoms with Crippen LogP contribution in [0.4, 0.5) is 0 Å². The average Bonchev–Trinajstić information content (AvgIpc) is 3.44. The fourth-order valence-electron chi connectivity index (χ4n) is 3.57. The van der Waals surface area contributed by atoms with E-state index >= 15 is 0 Å². The highest BCUT2D eigenvalue weighted by Crippen LogP contribution is 2.32. The normalized spacial score (nSPS) is 12.6. The summed E-state index contributed by atoms with van der Waals surface area (Å²) in [5, 5.41) is 4.39. The Morgan fingerprint density at radius 1 is 1.16 bits per heavy atom. The number of thioether (sulfide) groups is 1. The SMILES string of the molecule is CC[C@H](Sc1nc2ccc(Br)cc2c2nc3ccccc3n12)C(=O)NCc1ccco1. The second-order valence-corrected chi connectivity index (χ2v) is 9.21. The Morgan fingerprint density at radius 3 is 2.84 bits per heavy atom. The van der Waals surface area contributed by atoms with Crippen molar-refractivity contribution in [2.24, 2.45) is 0 Å². The van der Waals surface area contributed by atoms with Gasteiger partial charge in [-0.3, -0.25) is 9.20 Å². The Morgan fingerprint density at radius 2 is 2.03 bits per heavy atom. The number of hydrogen-bond donors (Lipinski definition) is 1. The summed E-state index contributed by atoms with van der Waals surface area (Å²) in [4.78, 5) is 22.7. The first kappa shape index (κ1) is 20.1. The topological polar surface area (TPSA) is 72.4 Å². The number of benzene rings is 2. The zero-order valence-electron chi connectivity index (χ0n) is 16.7. The minimum atomic E-state index is -0.292. The van der Waals surface area contributed by atoms with Crippen molar-refractivity contribution in [3.63, 3.8) is 0 Å². The fraction of sp³-hybridized carbons (Fsp3) is 0.174. The first-order valence-corrected chi connectivity index (χ1v) is 11.6. The fourth-order valence-corrected chi connectivity index (χ4v) is 4.98. The highest BCUT2D eigenvalue weighted by atomic mass is 79.9. The highest BCUT2D eigenvalue weighted by molar-refractivity contribution is 9.10. The van der Waals surface area contributed by atoms with E-state index in [2.05, 4.69) is 25.6 Å². The molecule has 0 fully saturated rings. The van der Waals surface area contributed by atoms with Crippen molar-refractivity contribution >= 4 is 61.2 Å². The Bertz CT molecular complexity index is 1400. The third kappa shape index (κ3) is 3.81. The lowest BCUT2D eigenvalue weighted by atomic mass is 10.2. The van der Waals surface area contributed by atoms with Gasteiger partial charge in [-0.05, 0) is 48.9 Å². The van der Waals surface area contributed by atoms with Crippen LogP contribution in [0.3, 0.4) is 0 Å². The predicted octanol–water partition coefficient (Wildman–Crippen LogP) is 5.58. The van der Waals surface area contributed by atoms with Crippen LogP contribution in [0.5, 0.6) is 0 Å². The molecule has 0 saturated carbocycles. The van der Waals surface area contributed by atoms with Gasteiger partial charge in [0.1, 0.15) is 11.4 Å². The molecule has 3 heterocycles. The van der Waals surface area contributed by atoms with Crippen LogP contribution in [0.15, 0.2) is 74.9 Å². The molecule has 5 rings (SSSR count). The second kappa shape index (κ2) is 8.36. The molecule has 1 N–H and O–H groups in total. The molecule has 5 aromatic rings. The summed E-state index contributed by atoms with van der Waals surface area (Å²) < 4.78 is 8.34. The minimum Gasteiger partial charge on any atom is -0.467 e. The molecule has 0 radical (unpaired) electrons. The molecule has 0 aliphatic heterocycles. The molecule has 0 spiro atoms. The van der Waals surface area contributed by atoms with Crippen molar-refractivity contribution in [1.82, 2.24) is 19.7 Å². The number of para-hydroxylation sites is 2.